The van der Waals surface area contributed by atoms with Gasteiger partial charge >= 0.3 is 0 Å². The van der Waals surface area contributed by atoms with E-state index in [2.05, 4.69) is 15.3 Å². The third-order valence-corrected chi connectivity index (χ3v) is 5.40. The maximum absolute atomic E-state index is 12.2. The van der Waals surface area contributed by atoms with Crippen LogP contribution in [0.1, 0.15) is 21.6 Å². The van der Waals surface area contributed by atoms with Gasteiger partial charge in [0.05, 0.1) is 44.8 Å². The Hall–Kier alpha value is -4.11. The van der Waals surface area contributed by atoms with Crippen LogP contribution in [0.2, 0.25) is 5.02 Å². The zero-order chi connectivity index (χ0) is 24.1. The number of aromatic nitrogens is 4. The quantitative estimate of drug-likeness (QED) is 0.389. The van der Waals surface area contributed by atoms with E-state index in [0.29, 0.717) is 40.3 Å². The normalized spacial score (nSPS) is 10.7. The molecule has 2 heterocycles. The predicted molar refractivity (Wildman–Crippen MR) is 129 cm³/mol. The number of amides is 1. The fraction of sp³-hybridized carbons (Fsp3) is 0.167. The second-order valence-electron chi connectivity index (χ2n) is 7.40. The van der Waals surface area contributed by atoms with Crippen molar-refractivity contribution >= 4 is 29.0 Å². The summed E-state index contributed by atoms with van der Waals surface area (Å²) in [4.78, 5) is 18.4. The minimum atomic E-state index is -0.596. The molecule has 2 aromatic carbocycles. The average Bonchev–Trinajstić information content (AvgIpc) is 3.30. The molecule has 4 rings (SSSR count). The number of carbonyl (C=O) groups is 1. The molecule has 0 saturated carbocycles. The van der Waals surface area contributed by atoms with Gasteiger partial charge in [-0.15, -0.1) is 5.10 Å². The number of hydrogen-bond acceptors (Lipinski definition) is 7. The summed E-state index contributed by atoms with van der Waals surface area (Å²) in [5, 5.41) is 9.24. The summed E-state index contributed by atoms with van der Waals surface area (Å²) in [5.41, 5.74) is 8.24. The summed E-state index contributed by atoms with van der Waals surface area (Å²) < 4.78 is 12.7. The molecule has 0 radical (unpaired) electrons. The first-order valence-corrected chi connectivity index (χ1v) is 10.7. The lowest BCUT2D eigenvalue weighted by molar-refractivity contribution is 0.100. The Balaban J connectivity index is 1.73. The number of methoxy groups -OCH3 is 2. The molecule has 9 nitrogen and oxygen atoms in total. The number of nitrogens with two attached hydrogens (primary N) is 1. The molecular formula is C24H23ClN6O3. The maximum Gasteiger partial charge on any atom is 0.252 e. The van der Waals surface area contributed by atoms with E-state index in [1.165, 1.54) is 0 Å². The molecule has 0 aliphatic heterocycles. The Morgan fingerprint density at radius 3 is 2.62 bits per heavy atom. The Kier molecular flexibility index (Phi) is 6.93. The van der Waals surface area contributed by atoms with E-state index < -0.39 is 5.91 Å². The number of pyridine rings is 1. The van der Waals surface area contributed by atoms with Gasteiger partial charge in [-0.05, 0) is 42.0 Å². The van der Waals surface area contributed by atoms with Crippen molar-refractivity contribution < 1.29 is 14.3 Å². The van der Waals surface area contributed by atoms with Crippen LogP contribution in [0.5, 0.6) is 11.5 Å². The van der Waals surface area contributed by atoms with Crippen molar-refractivity contribution in [1.29, 1.82) is 0 Å². The molecule has 2 N–H and O–H groups in total. The third kappa shape index (κ3) is 5.10. The van der Waals surface area contributed by atoms with Crippen LogP contribution in [0.25, 0.3) is 0 Å². The van der Waals surface area contributed by atoms with Crippen LogP contribution in [0.15, 0.2) is 67.0 Å². The summed E-state index contributed by atoms with van der Waals surface area (Å²) >= 11 is 5.98. The number of nitrogens with zero attached hydrogens (tertiary/aromatic N) is 5. The molecule has 2 aromatic heterocycles. The molecule has 0 bridgehead atoms. The second kappa shape index (κ2) is 10.2. The SMILES string of the molecule is COc1ccc(OC)c(N(Cc2cn(Cc3ccc(Cl)cc3)nn2)c2ncccc2C(N)=O)c1. The van der Waals surface area contributed by atoms with Crippen molar-refractivity contribution in [3.05, 3.63) is 88.8 Å². The van der Waals surface area contributed by atoms with E-state index in [9.17, 15) is 4.79 Å². The average molecular weight is 479 g/mol. The third-order valence-electron chi connectivity index (χ3n) is 5.15. The Bertz CT molecular complexity index is 1290. The largest absolute Gasteiger partial charge is 0.497 e. The van der Waals surface area contributed by atoms with Crippen LogP contribution in [-0.2, 0) is 13.1 Å². The van der Waals surface area contributed by atoms with E-state index in [0.717, 1.165) is 5.56 Å². The molecule has 0 aliphatic rings. The lowest BCUT2D eigenvalue weighted by atomic mass is 10.2. The van der Waals surface area contributed by atoms with Gasteiger partial charge in [-0.1, -0.05) is 28.9 Å². The predicted octanol–water partition coefficient (Wildman–Crippen LogP) is 3.83. The van der Waals surface area contributed by atoms with Crippen LogP contribution < -0.4 is 20.1 Å². The van der Waals surface area contributed by atoms with E-state index in [1.807, 2.05) is 30.5 Å². The number of ether oxygens (including phenoxy) is 2. The highest BCUT2D eigenvalue weighted by atomic mass is 35.5. The summed E-state index contributed by atoms with van der Waals surface area (Å²) in [5.74, 6) is 0.953. The first-order chi connectivity index (χ1) is 16.5. The van der Waals surface area contributed by atoms with Gasteiger partial charge < -0.3 is 20.1 Å². The van der Waals surface area contributed by atoms with Crippen LogP contribution >= 0.6 is 11.6 Å². The van der Waals surface area contributed by atoms with Crippen LogP contribution in [0.3, 0.4) is 0 Å². The topological polar surface area (TPSA) is 108 Å². The number of rotatable bonds is 9. The molecular weight excluding hydrogens is 456 g/mol. The number of carbonyl (C=O) groups excluding carboxylic acids is 1. The molecule has 1 amide bonds. The van der Waals surface area contributed by atoms with Crippen LogP contribution in [0.4, 0.5) is 11.5 Å². The standard InChI is InChI=1S/C24H23ClN6O3/c1-33-19-9-10-22(34-2)21(12-19)31(24-20(23(26)32)4-3-11-27-24)15-18-14-30(29-28-18)13-16-5-7-17(25)8-6-16/h3-12,14H,13,15H2,1-2H3,(H2,26,32). The van der Waals surface area contributed by atoms with Crippen molar-refractivity contribution in [2.24, 2.45) is 5.73 Å². The molecule has 0 spiro atoms. The van der Waals surface area contributed by atoms with Gasteiger partial charge in [0.2, 0.25) is 0 Å². The van der Waals surface area contributed by atoms with Gasteiger partial charge in [0.25, 0.3) is 5.91 Å². The maximum atomic E-state index is 12.2. The van der Waals surface area contributed by atoms with Gasteiger partial charge in [0, 0.05) is 17.3 Å². The number of anilines is 2. The zero-order valence-electron chi connectivity index (χ0n) is 18.7. The monoisotopic (exact) mass is 478 g/mol. The lowest BCUT2D eigenvalue weighted by Gasteiger charge is -2.26. The van der Waals surface area contributed by atoms with Gasteiger partial charge in [0.1, 0.15) is 23.0 Å². The molecule has 0 fully saturated rings. The number of halogens is 1. The molecule has 0 unspecified atom stereocenters. The van der Waals surface area contributed by atoms with Gasteiger partial charge in [-0.3, -0.25) is 4.79 Å². The minimum Gasteiger partial charge on any atom is -0.497 e. The highest BCUT2D eigenvalue weighted by molar-refractivity contribution is 6.30. The highest BCUT2D eigenvalue weighted by Crippen LogP contribution is 2.38. The molecule has 174 valence electrons. The summed E-state index contributed by atoms with van der Waals surface area (Å²) in [6.07, 6.45) is 3.43. The van der Waals surface area contributed by atoms with E-state index in [4.69, 9.17) is 26.8 Å². The van der Waals surface area contributed by atoms with E-state index in [-0.39, 0.29) is 12.1 Å². The number of hydrogen-bond donors (Lipinski definition) is 1. The molecule has 0 saturated heterocycles. The number of benzene rings is 2. The van der Waals surface area contributed by atoms with Crippen molar-refractivity contribution in [2.45, 2.75) is 13.1 Å². The zero-order valence-corrected chi connectivity index (χ0v) is 19.4. The Morgan fingerprint density at radius 1 is 1.12 bits per heavy atom. The minimum absolute atomic E-state index is 0.251. The van der Waals surface area contributed by atoms with Crippen molar-refractivity contribution in [1.82, 2.24) is 20.0 Å². The summed E-state index contributed by atoms with van der Waals surface area (Å²) in [6, 6.07) is 16.2. The van der Waals surface area contributed by atoms with Crippen LogP contribution in [0, 0.1) is 0 Å². The molecule has 4 aromatic rings. The fourth-order valence-corrected chi connectivity index (χ4v) is 3.64. The van der Waals surface area contributed by atoms with Crippen molar-refractivity contribution in [2.75, 3.05) is 19.1 Å². The van der Waals surface area contributed by atoms with Gasteiger partial charge in [-0.2, -0.15) is 0 Å². The Morgan fingerprint density at radius 2 is 1.91 bits per heavy atom. The Labute approximate surface area is 201 Å². The summed E-state index contributed by atoms with van der Waals surface area (Å²) in [7, 11) is 3.15. The van der Waals surface area contributed by atoms with Crippen LogP contribution in [-0.4, -0.2) is 40.1 Å². The van der Waals surface area contributed by atoms with Gasteiger partial charge in [-0.25, -0.2) is 9.67 Å². The van der Waals surface area contributed by atoms with Crippen molar-refractivity contribution in [3.8, 4) is 11.5 Å². The van der Waals surface area contributed by atoms with Crippen molar-refractivity contribution in [3.63, 3.8) is 0 Å². The first-order valence-electron chi connectivity index (χ1n) is 10.4. The van der Waals surface area contributed by atoms with E-state index >= 15 is 0 Å². The van der Waals surface area contributed by atoms with E-state index in [1.54, 1.807) is 60.3 Å². The molecule has 10 heteroatoms. The number of primary amides is 1. The first kappa shape index (κ1) is 23.1. The fourth-order valence-electron chi connectivity index (χ4n) is 3.51. The molecule has 34 heavy (non-hydrogen) atoms. The lowest BCUT2D eigenvalue weighted by Crippen LogP contribution is -2.23. The highest BCUT2D eigenvalue weighted by Gasteiger charge is 2.23. The second-order valence-corrected chi connectivity index (χ2v) is 7.83. The molecule has 0 atom stereocenters. The summed E-state index contributed by atoms with van der Waals surface area (Å²) in [6.45, 7) is 0.782. The molecule has 0 aliphatic carbocycles. The van der Waals surface area contributed by atoms with Gasteiger partial charge in [0.15, 0.2) is 0 Å². The smallest absolute Gasteiger partial charge is 0.252 e.